The van der Waals surface area contributed by atoms with Crippen LogP contribution in [-0.4, -0.2) is 145 Å². The highest BCUT2D eigenvalue weighted by Gasteiger charge is 2.42. The van der Waals surface area contributed by atoms with Gasteiger partial charge in [-0.05, 0) is 83.6 Å². The fourth-order valence-corrected chi connectivity index (χ4v) is 10.8. The van der Waals surface area contributed by atoms with E-state index in [4.69, 9.17) is 56.8 Å². The number of ether oxygens (including phenoxy) is 12. The van der Waals surface area contributed by atoms with E-state index in [1.165, 1.54) is 22.3 Å². The number of esters is 2. The van der Waals surface area contributed by atoms with Gasteiger partial charge >= 0.3 is 11.9 Å². The number of rotatable bonds is 28. The molecule has 2 aliphatic heterocycles. The number of nitrogens with zero attached hydrogens (tertiary/aromatic N) is 2. The summed E-state index contributed by atoms with van der Waals surface area (Å²) in [6.07, 6.45) is 9.94. The summed E-state index contributed by atoms with van der Waals surface area (Å²) in [6.45, 7) is 4.02. The maximum atomic E-state index is 12.9. The van der Waals surface area contributed by atoms with Crippen LogP contribution >= 0.6 is 0 Å². The average molecular weight is 1030 g/mol. The van der Waals surface area contributed by atoms with Crippen molar-refractivity contribution in [3.8, 4) is 57.5 Å². The zero-order valence-electron chi connectivity index (χ0n) is 45.9. The van der Waals surface area contributed by atoms with Gasteiger partial charge in [-0.1, -0.05) is 12.2 Å². The molecule has 0 saturated heterocycles. The first-order chi connectivity index (χ1) is 35.7. The van der Waals surface area contributed by atoms with Crippen LogP contribution in [0.2, 0.25) is 0 Å². The third-order valence-electron chi connectivity index (χ3n) is 15.0. The predicted octanol–water partition coefficient (Wildman–Crippen LogP) is 9.03. The Morgan fingerprint density at radius 1 is 0.459 bits per heavy atom. The second-order valence-electron chi connectivity index (χ2n) is 19.4. The average Bonchev–Trinajstić information content (AvgIpc) is 3.42. The van der Waals surface area contributed by atoms with E-state index in [-0.39, 0.29) is 36.9 Å². The number of methoxy groups -OCH3 is 10. The Bertz CT molecular complexity index is 2340. The highest BCUT2D eigenvalue weighted by molar-refractivity contribution is 5.70. The van der Waals surface area contributed by atoms with Crippen molar-refractivity contribution in [2.45, 2.75) is 76.3 Å². The second-order valence-corrected chi connectivity index (χ2v) is 19.4. The molecule has 4 aromatic carbocycles. The molecule has 16 nitrogen and oxygen atoms in total. The Balaban J connectivity index is 0.967. The van der Waals surface area contributed by atoms with Crippen molar-refractivity contribution in [3.05, 3.63) is 94.1 Å². The van der Waals surface area contributed by atoms with Gasteiger partial charge in [0.15, 0.2) is 46.0 Å². The van der Waals surface area contributed by atoms with Crippen molar-refractivity contribution in [2.75, 3.05) is 125 Å². The second kappa shape index (κ2) is 26.6. The van der Waals surface area contributed by atoms with Crippen molar-refractivity contribution in [2.24, 2.45) is 0 Å². The van der Waals surface area contributed by atoms with Gasteiger partial charge in [0.05, 0.1) is 125 Å². The Hall–Kier alpha value is -6.52. The van der Waals surface area contributed by atoms with Crippen LogP contribution in [0.15, 0.2) is 60.7 Å². The summed E-state index contributed by atoms with van der Waals surface area (Å²) >= 11 is 0. The Morgan fingerprint density at radius 3 is 1.09 bits per heavy atom. The number of carbonyl (C=O) groups excluding carboxylic acids is 2. The monoisotopic (exact) mass is 1030 g/mol. The van der Waals surface area contributed by atoms with Crippen molar-refractivity contribution in [3.63, 3.8) is 0 Å². The summed E-state index contributed by atoms with van der Waals surface area (Å²) in [7, 11) is 20.9. The quantitative estimate of drug-likeness (QED) is 0.0231. The van der Waals surface area contributed by atoms with Crippen LogP contribution in [0, 0.1) is 0 Å². The van der Waals surface area contributed by atoms with Crippen molar-refractivity contribution >= 4 is 11.9 Å². The van der Waals surface area contributed by atoms with Crippen LogP contribution < -0.4 is 47.4 Å². The first kappa shape index (κ1) is 56.8. The van der Waals surface area contributed by atoms with Gasteiger partial charge in [-0.3, -0.25) is 9.59 Å². The molecule has 0 saturated carbocycles. The van der Waals surface area contributed by atoms with Gasteiger partial charge in [-0.15, -0.1) is 0 Å². The summed E-state index contributed by atoms with van der Waals surface area (Å²) in [5.74, 6) is 5.81. The number of hydrogen-bond donors (Lipinski definition) is 0. The third kappa shape index (κ3) is 13.4. The van der Waals surface area contributed by atoms with E-state index < -0.39 is 0 Å². The minimum absolute atomic E-state index is 0.0551. The number of allylic oxidation sites excluding steroid dienone is 2. The van der Waals surface area contributed by atoms with Crippen LogP contribution in [0.3, 0.4) is 0 Å². The lowest BCUT2D eigenvalue weighted by Gasteiger charge is -2.46. The molecule has 0 radical (unpaired) electrons. The molecule has 2 heterocycles. The number of benzene rings is 4. The lowest BCUT2D eigenvalue weighted by Crippen LogP contribution is -2.52. The number of likely N-dealkylation sites (N-methyl/N-ethyl adjacent to an activating group) is 2. The largest absolute Gasteiger partial charge is 0.493 e. The topological polar surface area (TPSA) is 145 Å². The Kier molecular flexibility index (Phi) is 20.4. The van der Waals surface area contributed by atoms with Crippen LogP contribution in [0.25, 0.3) is 0 Å². The molecule has 0 spiro atoms. The highest BCUT2D eigenvalue weighted by Crippen LogP contribution is 2.47. The van der Waals surface area contributed by atoms with Crippen molar-refractivity contribution in [1.29, 1.82) is 0 Å². The molecule has 0 fully saturated rings. The zero-order valence-corrected chi connectivity index (χ0v) is 45.9. The van der Waals surface area contributed by atoms with Crippen LogP contribution in [0.5, 0.6) is 57.5 Å². The fraction of sp³-hybridized carbons (Fsp3) is 0.517. The van der Waals surface area contributed by atoms with Gasteiger partial charge < -0.3 is 65.8 Å². The zero-order chi connectivity index (χ0) is 53.4. The molecule has 16 heteroatoms. The van der Waals surface area contributed by atoms with E-state index in [2.05, 4.69) is 38.4 Å². The molecular formula is C58H80N2O14+2. The first-order valence-corrected chi connectivity index (χ1v) is 25.5. The molecule has 0 bridgehead atoms. The lowest BCUT2D eigenvalue weighted by atomic mass is 9.86. The number of quaternary nitrogens is 2. The summed E-state index contributed by atoms with van der Waals surface area (Å²) in [6, 6.07) is 16.5. The van der Waals surface area contributed by atoms with E-state index in [0.717, 1.165) is 59.1 Å². The van der Waals surface area contributed by atoms with E-state index in [9.17, 15) is 9.59 Å². The predicted molar refractivity (Wildman–Crippen MR) is 282 cm³/mol. The molecule has 404 valence electrons. The van der Waals surface area contributed by atoms with E-state index in [1.807, 2.05) is 36.4 Å². The maximum absolute atomic E-state index is 12.9. The van der Waals surface area contributed by atoms with Gasteiger partial charge in [0.2, 0.25) is 11.5 Å². The molecule has 0 aliphatic carbocycles. The van der Waals surface area contributed by atoms with E-state index in [1.54, 1.807) is 71.1 Å². The number of hydrogen-bond acceptors (Lipinski definition) is 14. The third-order valence-corrected chi connectivity index (χ3v) is 15.0. The molecule has 0 aromatic heterocycles. The standard InChI is InChI=1S/C58H80N2O14/c1-59(25-21-41-35-47(63-3)49(65-5)37-43(41)45(59)29-39-31-51(67-7)57(71-11)52(32-39)68-8)23-17-27-73-55(61)19-15-13-14-16-20-56(62)74-28-18-24-60(2)26-22-42-36-48(64-4)50(66-6)38-44(42)46(60)30-40-33-53(69-9)58(72-12)54(34-40)70-10/h13-14,31-38,45-46H,15-30H2,1-12H3/q+2/b14-13-/t45-,46+,59?,60?. The normalized spacial score (nSPS) is 18.9. The molecule has 0 N–H and O–H groups in total. The van der Waals surface area contributed by atoms with Crippen molar-refractivity contribution in [1.82, 2.24) is 0 Å². The highest BCUT2D eigenvalue weighted by atomic mass is 16.6. The van der Waals surface area contributed by atoms with Crippen molar-refractivity contribution < 1.29 is 75.4 Å². The summed E-state index contributed by atoms with van der Waals surface area (Å²) < 4.78 is 69.8. The maximum Gasteiger partial charge on any atom is 0.306 e. The van der Waals surface area contributed by atoms with Gasteiger partial charge in [0.25, 0.3) is 0 Å². The summed E-state index contributed by atoms with van der Waals surface area (Å²) in [5.41, 5.74) is 6.93. The number of carbonyl (C=O) groups is 2. The fourth-order valence-electron chi connectivity index (χ4n) is 10.8. The van der Waals surface area contributed by atoms with E-state index >= 15 is 0 Å². The molecule has 2 unspecified atom stereocenters. The van der Waals surface area contributed by atoms with Crippen LogP contribution in [-0.2, 0) is 44.7 Å². The SMILES string of the molecule is COc1cc2c(cc1OC)[C@@H](Cc1cc(OC)c(OC)c(OC)c1)[N+](C)(CCCOC(=O)CC/C=C\CCC(=O)OCCC[N+]1(C)CCc3cc(OC)c(OC)cc3[C@@H]1Cc1cc(OC)c(OC)c(OC)c1)CC2. The smallest absolute Gasteiger partial charge is 0.306 e. The van der Waals surface area contributed by atoms with E-state index in [0.29, 0.717) is 109 Å². The van der Waals surface area contributed by atoms with Gasteiger partial charge in [0, 0.05) is 62.5 Å². The van der Waals surface area contributed by atoms with Crippen LogP contribution in [0.4, 0.5) is 0 Å². The molecule has 74 heavy (non-hydrogen) atoms. The van der Waals surface area contributed by atoms with Gasteiger partial charge in [0.1, 0.15) is 12.1 Å². The number of fused-ring (bicyclic) bond motifs is 2. The lowest BCUT2D eigenvalue weighted by molar-refractivity contribution is -0.941. The summed E-state index contributed by atoms with van der Waals surface area (Å²) in [4.78, 5) is 25.7. The molecule has 4 aromatic rings. The van der Waals surface area contributed by atoms with Gasteiger partial charge in [-0.25, -0.2) is 0 Å². The molecular weight excluding hydrogens is 949 g/mol. The minimum atomic E-state index is -0.246. The molecule has 0 amide bonds. The molecule has 6 rings (SSSR count). The molecule has 2 aliphatic rings. The first-order valence-electron chi connectivity index (χ1n) is 25.5. The Morgan fingerprint density at radius 2 is 0.784 bits per heavy atom. The van der Waals surface area contributed by atoms with Gasteiger partial charge in [-0.2, -0.15) is 0 Å². The summed E-state index contributed by atoms with van der Waals surface area (Å²) in [5, 5.41) is 0. The molecule has 4 atom stereocenters. The Labute approximate surface area is 438 Å². The minimum Gasteiger partial charge on any atom is -0.493 e. The van der Waals surface area contributed by atoms with Crippen LogP contribution in [0.1, 0.15) is 84.0 Å².